The highest BCUT2D eigenvalue weighted by Crippen LogP contribution is 2.27. The van der Waals surface area contributed by atoms with Gasteiger partial charge in [-0.3, -0.25) is 4.79 Å². The first-order chi connectivity index (χ1) is 12.0. The van der Waals surface area contributed by atoms with E-state index in [-0.39, 0.29) is 18.1 Å². The Morgan fingerprint density at radius 2 is 1.92 bits per heavy atom. The number of phenols is 1. The van der Waals surface area contributed by atoms with Gasteiger partial charge in [-0.15, -0.1) is 0 Å². The van der Waals surface area contributed by atoms with E-state index in [9.17, 15) is 9.90 Å². The Morgan fingerprint density at radius 3 is 2.68 bits per heavy atom. The number of aromatic hydroxyl groups is 1. The van der Waals surface area contributed by atoms with Crippen molar-refractivity contribution in [2.45, 2.75) is 6.42 Å². The summed E-state index contributed by atoms with van der Waals surface area (Å²) in [6.07, 6.45) is 1.65. The van der Waals surface area contributed by atoms with Crippen molar-refractivity contribution in [1.82, 2.24) is 5.43 Å². The fraction of sp³-hybridized carbons (Fsp3) is 0.0526. The molecule has 0 unspecified atom stereocenters. The average molecular weight is 398 g/mol. The summed E-state index contributed by atoms with van der Waals surface area (Å²) in [7, 11) is 0. The summed E-state index contributed by atoms with van der Waals surface area (Å²) in [6.45, 7) is 0. The monoisotopic (exact) mass is 397 g/mol. The Kier molecular flexibility index (Phi) is 5.00. The van der Waals surface area contributed by atoms with Crippen LogP contribution >= 0.6 is 15.9 Å². The number of phenolic OH excluding ortho intramolecular Hbond substituents is 1. The lowest BCUT2D eigenvalue weighted by atomic mass is 10.0. The summed E-state index contributed by atoms with van der Waals surface area (Å²) in [5.41, 5.74) is 10.2. The maximum Gasteiger partial charge on any atom is 0.244 e. The predicted octanol–water partition coefficient (Wildman–Crippen LogP) is 3.58. The number of nitrogens with two attached hydrogens (primary N) is 1. The molecule has 0 spiro atoms. The van der Waals surface area contributed by atoms with Gasteiger partial charge in [-0.05, 0) is 46.7 Å². The molecule has 25 heavy (non-hydrogen) atoms. The number of fused-ring (bicyclic) bond motifs is 1. The molecule has 0 aromatic heterocycles. The van der Waals surface area contributed by atoms with Crippen LogP contribution in [0.1, 0.15) is 11.1 Å². The largest absolute Gasteiger partial charge is 0.507 e. The SMILES string of the molecule is Nc1ccc(CC(=O)N/N=C\c2c(O)ccc3cc(Br)ccc23)cc1. The molecule has 3 rings (SSSR count). The molecule has 3 aromatic rings. The zero-order chi connectivity index (χ0) is 17.8. The minimum Gasteiger partial charge on any atom is -0.507 e. The number of amides is 1. The van der Waals surface area contributed by atoms with Crippen LogP contribution in [0.15, 0.2) is 64.2 Å². The Labute approximate surface area is 153 Å². The topological polar surface area (TPSA) is 87.7 Å². The van der Waals surface area contributed by atoms with Crippen LogP contribution < -0.4 is 11.2 Å². The molecule has 0 saturated carbocycles. The van der Waals surface area contributed by atoms with Crippen molar-refractivity contribution in [3.63, 3.8) is 0 Å². The first-order valence-corrected chi connectivity index (χ1v) is 8.40. The number of nitrogen functional groups attached to an aromatic ring is 1. The molecule has 3 aromatic carbocycles. The summed E-state index contributed by atoms with van der Waals surface area (Å²) in [5, 5.41) is 15.9. The first-order valence-electron chi connectivity index (χ1n) is 7.60. The molecule has 0 bridgehead atoms. The smallest absolute Gasteiger partial charge is 0.244 e. The standard InChI is InChI=1S/C19H16BrN3O2/c20-14-4-7-16-13(10-14)3-8-18(24)17(16)11-22-23-19(25)9-12-1-5-15(21)6-2-12/h1-8,10-11,24H,9,21H2,(H,23,25)/b22-11-. The van der Waals surface area contributed by atoms with E-state index in [1.165, 1.54) is 6.21 Å². The van der Waals surface area contributed by atoms with E-state index in [4.69, 9.17) is 5.73 Å². The van der Waals surface area contributed by atoms with Crippen molar-refractivity contribution in [2.75, 3.05) is 5.73 Å². The number of halogens is 1. The number of hydrogen-bond donors (Lipinski definition) is 3. The van der Waals surface area contributed by atoms with Gasteiger partial charge < -0.3 is 10.8 Å². The molecular weight excluding hydrogens is 382 g/mol. The fourth-order valence-corrected chi connectivity index (χ4v) is 2.86. The highest BCUT2D eigenvalue weighted by Gasteiger charge is 2.06. The Bertz CT molecular complexity index is 953. The molecule has 5 nitrogen and oxygen atoms in total. The summed E-state index contributed by atoms with van der Waals surface area (Å²) in [6, 6.07) is 16.2. The molecule has 0 aliphatic carbocycles. The lowest BCUT2D eigenvalue weighted by Crippen LogP contribution is -2.19. The number of nitrogens with one attached hydrogen (secondary N) is 1. The lowest BCUT2D eigenvalue weighted by molar-refractivity contribution is -0.120. The zero-order valence-electron chi connectivity index (χ0n) is 13.2. The molecule has 0 heterocycles. The second kappa shape index (κ2) is 7.36. The van der Waals surface area contributed by atoms with Crippen LogP contribution in [-0.4, -0.2) is 17.2 Å². The molecule has 0 saturated heterocycles. The molecule has 0 fully saturated rings. The van der Waals surface area contributed by atoms with E-state index < -0.39 is 0 Å². The fourth-order valence-electron chi connectivity index (χ4n) is 2.48. The third kappa shape index (κ3) is 4.16. The zero-order valence-corrected chi connectivity index (χ0v) is 14.8. The van der Waals surface area contributed by atoms with Gasteiger partial charge in [-0.1, -0.05) is 40.2 Å². The third-order valence-electron chi connectivity index (χ3n) is 3.73. The van der Waals surface area contributed by atoms with Gasteiger partial charge in [-0.25, -0.2) is 5.43 Å². The van der Waals surface area contributed by atoms with Gasteiger partial charge in [0.05, 0.1) is 12.6 Å². The molecular formula is C19H16BrN3O2. The van der Waals surface area contributed by atoms with Crippen molar-refractivity contribution in [3.8, 4) is 5.75 Å². The number of hydrogen-bond acceptors (Lipinski definition) is 4. The second-order valence-electron chi connectivity index (χ2n) is 5.58. The molecule has 6 heteroatoms. The minimum absolute atomic E-state index is 0.103. The number of benzene rings is 3. The number of rotatable bonds is 4. The Morgan fingerprint density at radius 1 is 1.16 bits per heavy atom. The van der Waals surface area contributed by atoms with E-state index in [0.29, 0.717) is 11.3 Å². The molecule has 0 atom stereocenters. The molecule has 0 radical (unpaired) electrons. The van der Waals surface area contributed by atoms with E-state index in [1.807, 2.05) is 24.3 Å². The van der Waals surface area contributed by atoms with Crippen LogP contribution in [0.5, 0.6) is 5.75 Å². The van der Waals surface area contributed by atoms with Gasteiger partial charge in [0.2, 0.25) is 5.91 Å². The van der Waals surface area contributed by atoms with Crippen LogP contribution in [0.25, 0.3) is 10.8 Å². The maximum atomic E-state index is 12.0. The highest BCUT2D eigenvalue weighted by molar-refractivity contribution is 9.10. The van der Waals surface area contributed by atoms with Gasteiger partial charge in [-0.2, -0.15) is 5.10 Å². The number of hydrazone groups is 1. The van der Waals surface area contributed by atoms with Crippen LogP contribution in [0.3, 0.4) is 0 Å². The van der Waals surface area contributed by atoms with Crippen LogP contribution in [-0.2, 0) is 11.2 Å². The minimum atomic E-state index is -0.247. The van der Waals surface area contributed by atoms with Crippen molar-refractivity contribution in [3.05, 3.63) is 70.2 Å². The van der Waals surface area contributed by atoms with Crippen LogP contribution in [0.4, 0.5) is 5.69 Å². The molecule has 0 aliphatic heterocycles. The Balaban J connectivity index is 1.73. The van der Waals surface area contributed by atoms with Crippen molar-refractivity contribution in [2.24, 2.45) is 5.10 Å². The normalized spacial score (nSPS) is 11.1. The number of carbonyl (C=O) groups excluding carboxylic acids is 1. The van der Waals surface area contributed by atoms with Gasteiger partial charge in [0.25, 0.3) is 0 Å². The summed E-state index contributed by atoms with van der Waals surface area (Å²) in [5.74, 6) is -0.144. The van der Waals surface area contributed by atoms with Gasteiger partial charge in [0.1, 0.15) is 5.75 Å². The van der Waals surface area contributed by atoms with Crippen molar-refractivity contribution in [1.29, 1.82) is 0 Å². The van der Waals surface area contributed by atoms with E-state index in [0.717, 1.165) is 20.8 Å². The highest BCUT2D eigenvalue weighted by atomic mass is 79.9. The molecule has 0 aliphatic rings. The maximum absolute atomic E-state index is 12.0. The quantitative estimate of drug-likeness (QED) is 0.357. The Hall–Kier alpha value is -2.86. The van der Waals surface area contributed by atoms with E-state index >= 15 is 0 Å². The first kappa shape index (κ1) is 17.0. The second-order valence-corrected chi connectivity index (χ2v) is 6.49. The number of anilines is 1. The van der Waals surface area contributed by atoms with Gasteiger partial charge >= 0.3 is 0 Å². The van der Waals surface area contributed by atoms with Crippen molar-refractivity contribution >= 4 is 44.5 Å². The molecule has 4 N–H and O–H groups in total. The van der Waals surface area contributed by atoms with Crippen LogP contribution in [0, 0.1) is 0 Å². The summed E-state index contributed by atoms with van der Waals surface area (Å²) in [4.78, 5) is 12.0. The van der Waals surface area contributed by atoms with Gasteiger partial charge in [0.15, 0.2) is 0 Å². The third-order valence-corrected chi connectivity index (χ3v) is 4.22. The van der Waals surface area contributed by atoms with Crippen LogP contribution in [0.2, 0.25) is 0 Å². The van der Waals surface area contributed by atoms with Crippen molar-refractivity contribution < 1.29 is 9.90 Å². The van der Waals surface area contributed by atoms with E-state index in [2.05, 4.69) is 26.5 Å². The molecule has 126 valence electrons. The van der Waals surface area contributed by atoms with Gasteiger partial charge in [0, 0.05) is 15.7 Å². The summed E-state index contributed by atoms with van der Waals surface area (Å²) < 4.78 is 0.949. The number of nitrogens with zero attached hydrogens (tertiary/aromatic N) is 1. The summed E-state index contributed by atoms with van der Waals surface area (Å²) >= 11 is 3.42. The average Bonchev–Trinajstić information content (AvgIpc) is 2.59. The molecule has 1 amide bonds. The predicted molar refractivity (Wildman–Crippen MR) is 104 cm³/mol. The number of carbonyl (C=O) groups is 1. The van der Waals surface area contributed by atoms with E-state index in [1.54, 1.807) is 30.3 Å². The lowest BCUT2D eigenvalue weighted by Gasteiger charge is -2.06.